The number of aromatic nitrogens is 4. The summed E-state index contributed by atoms with van der Waals surface area (Å²) in [6.07, 6.45) is 2.41. The Hall–Kier alpha value is -4.47. The maximum atomic E-state index is 15.5. The van der Waals surface area contributed by atoms with Gasteiger partial charge in [-0.15, -0.1) is 15.6 Å². The number of aryl methyl sites for hydroxylation is 1. The number of amides is 1. The van der Waals surface area contributed by atoms with E-state index in [0.29, 0.717) is 28.3 Å². The first kappa shape index (κ1) is 31.9. The number of benzene rings is 2. The number of ether oxygens (including phenoxy) is 1. The van der Waals surface area contributed by atoms with Gasteiger partial charge in [0, 0.05) is 52.9 Å². The Labute approximate surface area is 264 Å². The summed E-state index contributed by atoms with van der Waals surface area (Å²) in [6, 6.07) is 5.89. The normalized spacial score (nSPS) is 11.9. The van der Waals surface area contributed by atoms with Gasteiger partial charge in [-0.1, -0.05) is 32.4 Å². The fourth-order valence-electron chi connectivity index (χ4n) is 4.18. The number of carbonyl (C=O) groups is 1. The Morgan fingerprint density at radius 3 is 2.38 bits per heavy atom. The Morgan fingerprint density at radius 1 is 1.04 bits per heavy atom. The van der Waals surface area contributed by atoms with Crippen molar-refractivity contribution in [2.75, 3.05) is 4.31 Å². The number of nitrogens with zero attached hydrogens (tertiary/aromatic N) is 5. The van der Waals surface area contributed by atoms with Crippen LogP contribution in [0.15, 0.2) is 65.3 Å². The average Bonchev–Trinajstić information content (AvgIpc) is 3.60. The monoisotopic (exact) mass is 677 g/mol. The fourth-order valence-corrected chi connectivity index (χ4v) is 6.71. The molecule has 0 spiro atoms. The summed E-state index contributed by atoms with van der Waals surface area (Å²) in [4.78, 5) is 19.4. The zero-order valence-corrected chi connectivity index (χ0v) is 26.3. The number of hydrogen-bond donors (Lipinski definition) is 1. The van der Waals surface area contributed by atoms with Gasteiger partial charge in [-0.05, 0) is 24.3 Å². The summed E-state index contributed by atoms with van der Waals surface area (Å²) in [7, 11) is -3.38. The van der Waals surface area contributed by atoms with E-state index in [0.717, 1.165) is 23.5 Å². The fraction of sp³-hybridized carbons (Fsp3) is 0.172. The van der Waals surface area contributed by atoms with Gasteiger partial charge in [-0.25, -0.2) is 31.4 Å². The quantitative estimate of drug-likeness (QED) is 0.186. The molecule has 0 unspecified atom stereocenters. The molecule has 3 aromatic heterocycles. The first-order valence-corrected chi connectivity index (χ1v) is 15.6. The van der Waals surface area contributed by atoms with E-state index in [2.05, 4.69) is 15.1 Å². The Balaban J connectivity index is 1.55. The lowest BCUT2D eigenvalue weighted by Gasteiger charge is -2.19. The number of halogens is 4. The van der Waals surface area contributed by atoms with Gasteiger partial charge in [0.05, 0.1) is 23.1 Å². The minimum absolute atomic E-state index is 0.00412. The highest BCUT2D eigenvalue weighted by atomic mass is 35.5. The molecule has 2 aromatic carbocycles. The predicted molar refractivity (Wildman–Crippen MR) is 162 cm³/mol. The molecule has 234 valence electrons. The maximum absolute atomic E-state index is 15.5. The summed E-state index contributed by atoms with van der Waals surface area (Å²) < 4.78 is 77.7. The second kappa shape index (κ2) is 11.8. The molecule has 16 heteroatoms. The van der Waals surface area contributed by atoms with Crippen LogP contribution in [-0.2, 0) is 22.5 Å². The summed E-state index contributed by atoms with van der Waals surface area (Å²) in [5, 5.41) is 15.3. The maximum Gasteiger partial charge on any atom is 0.427 e. The summed E-state index contributed by atoms with van der Waals surface area (Å²) in [6.45, 7) is 5.45. The molecular weight excluding hydrogens is 655 g/mol. The zero-order valence-electron chi connectivity index (χ0n) is 23.9. The summed E-state index contributed by atoms with van der Waals surface area (Å²) in [5.74, 6) is -3.70. The van der Waals surface area contributed by atoms with Gasteiger partial charge in [0.2, 0.25) is 0 Å². The molecule has 0 saturated carbocycles. The average molecular weight is 678 g/mol. The molecule has 0 fully saturated rings. The number of rotatable bonds is 7. The van der Waals surface area contributed by atoms with Crippen molar-refractivity contribution in [1.29, 1.82) is 0 Å². The van der Waals surface area contributed by atoms with E-state index in [1.165, 1.54) is 34.6 Å². The molecule has 0 aliphatic rings. The highest BCUT2D eigenvalue weighted by molar-refractivity contribution is 7.93. The predicted octanol–water partition coefficient (Wildman–Crippen LogP) is 7.64. The van der Waals surface area contributed by atoms with Crippen LogP contribution in [0.2, 0.25) is 5.02 Å². The van der Waals surface area contributed by atoms with Crippen molar-refractivity contribution in [2.24, 2.45) is 7.05 Å². The minimum atomic E-state index is -5.04. The summed E-state index contributed by atoms with van der Waals surface area (Å²) in [5.41, 5.74) is 0.441. The van der Waals surface area contributed by atoms with E-state index in [4.69, 9.17) is 16.3 Å². The van der Waals surface area contributed by atoms with Gasteiger partial charge >= 0.3 is 6.09 Å². The van der Waals surface area contributed by atoms with Crippen molar-refractivity contribution in [1.82, 2.24) is 19.7 Å². The van der Waals surface area contributed by atoms with E-state index < -0.39 is 49.7 Å². The molecule has 0 bridgehead atoms. The molecule has 45 heavy (non-hydrogen) atoms. The van der Waals surface area contributed by atoms with Crippen LogP contribution >= 0.6 is 22.9 Å². The highest BCUT2D eigenvalue weighted by Gasteiger charge is 2.36. The smallest absolute Gasteiger partial charge is 0.427 e. The van der Waals surface area contributed by atoms with Gasteiger partial charge in [-0.3, -0.25) is 9.67 Å². The Kier molecular flexibility index (Phi) is 8.37. The molecular formula is C29H23ClF3N5O5S2. The second-order valence-electron chi connectivity index (χ2n) is 10.7. The number of hydrogen-bond acceptors (Lipinski definition) is 8. The lowest BCUT2D eigenvalue weighted by molar-refractivity contribution is 0.206. The van der Waals surface area contributed by atoms with E-state index in [1.54, 1.807) is 13.2 Å². The van der Waals surface area contributed by atoms with Crippen LogP contribution in [0.5, 0.6) is 11.5 Å². The largest absolute Gasteiger partial charge is 0.464 e. The third kappa shape index (κ3) is 6.36. The van der Waals surface area contributed by atoms with Gasteiger partial charge < -0.3 is 9.84 Å². The van der Waals surface area contributed by atoms with Crippen molar-refractivity contribution in [2.45, 2.75) is 31.1 Å². The molecule has 5 rings (SSSR count). The number of pyridine rings is 1. The minimum Gasteiger partial charge on any atom is -0.464 e. The van der Waals surface area contributed by atoms with Crippen molar-refractivity contribution >= 4 is 44.9 Å². The number of thiazole rings is 1. The van der Waals surface area contributed by atoms with Crippen LogP contribution in [-0.4, -0.2) is 39.4 Å². The molecule has 0 radical (unpaired) electrons. The van der Waals surface area contributed by atoms with Crippen molar-refractivity contribution < 1.29 is 36.2 Å². The highest BCUT2D eigenvalue weighted by Crippen LogP contribution is 2.40. The SMILES string of the molecule is Cn1cc(-c2cc(-c3ccc(F)cc3F)ncc2Oc2cc(F)c(S(=O)(=O)N(C(=O)O)c3csc(C(C)(C)C)n3)cc2Cl)cn1. The van der Waals surface area contributed by atoms with Crippen LogP contribution in [0, 0.1) is 17.5 Å². The van der Waals surface area contributed by atoms with Crippen LogP contribution in [0.4, 0.5) is 23.8 Å². The van der Waals surface area contributed by atoms with Gasteiger partial charge in [0.25, 0.3) is 10.0 Å². The zero-order chi connectivity index (χ0) is 32.8. The number of sulfonamides is 1. The first-order valence-electron chi connectivity index (χ1n) is 12.9. The second-order valence-corrected chi connectivity index (χ2v) is 13.7. The molecule has 0 aliphatic carbocycles. The molecule has 1 N–H and O–H groups in total. The molecule has 1 amide bonds. The molecule has 5 aromatic rings. The van der Waals surface area contributed by atoms with Crippen LogP contribution in [0.25, 0.3) is 22.4 Å². The van der Waals surface area contributed by atoms with Crippen LogP contribution < -0.4 is 9.04 Å². The third-order valence-corrected chi connectivity index (χ3v) is 9.57. The van der Waals surface area contributed by atoms with Crippen LogP contribution in [0.1, 0.15) is 25.8 Å². The molecule has 3 heterocycles. The van der Waals surface area contributed by atoms with Gasteiger partial charge in [0.15, 0.2) is 11.6 Å². The van der Waals surface area contributed by atoms with Crippen molar-refractivity contribution in [3.8, 4) is 33.9 Å². The van der Waals surface area contributed by atoms with Crippen molar-refractivity contribution in [3.05, 3.63) is 87.9 Å². The Bertz CT molecular complexity index is 2060. The molecule has 0 atom stereocenters. The standard InChI is InChI=1S/C29H23ClF3N5O5S2/c1-29(2,3)27-36-26(14-44-27)38(28(39)40)45(41,42)25-9-19(30)23(10-21(25)33)43-24-12-34-22(17-6-5-16(31)7-20(17)32)8-18(24)15-11-35-37(4)13-15/h5-14H,1-4H3,(H,39,40). The molecule has 0 aliphatic heterocycles. The molecule has 10 nitrogen and oxygen atoms in total. The topological polar surface area (TPSA) is 128 Å². The number of carboxylic acid groups (broad SMARTS) is 1. The Morgan fingerprint density at radius 2 is 1.78 bits per heavy atom. The van der Waals surface area contributed by atoms with Gasteiger partial charge in [-0.2, -0.15) is 5.10 Å². The van der Waals surface area contributed by atoms with E-state index in [9.17, 15) is 27.1 Å². The van der Waals surface area contributed by atoms with E-state index >= 15 is 4.39 Å². The summed E-state index contributed by atoms with van der Waals surface area (Å²) >= 11 is 7.42. The third-order valence-electron chi connectivity index (χ3n) is 6.33. The van der Waals surface area contributed by atoms with E-state index in [1.807, 2.05) is 20.8 Å². The number of anilines is 1. The van der Waals surface area contributed by atoms with Crippen molar-refractivity contribution in [3.63, 3.8) is 0 Å². The van der Waals surface area contributed by atoms with E-state index in [-0.39, 0.29) is 32.1 Å². The van der Waals surface area contributed by atoms with Crippen LogP contribution in [0.3, 0.4) is 0 Å². The first-order chi connectivity index (χ1) is 21.1. The van der Waals surface area contributed by atoms with Gasteiger partial charge in [0.1, 0.15) is 33.1 Å². The lowest BCUT2D eigenvalue weighted by Crippen LogP contribution is -2.36. The lowest BCUT2D eigenvalue weighted by atomic mass is 9.98. The molecule has 0 saturated heterocycles.